The molecule has 1 heterocycles. The fraction of sp³-hybridized carbons (Fsp3) is 0.240. The van der Waals surface area contributed by atoms with Gasteiger partial charge in [0, 0.05) is 24.4 Å². The zero-order valence-corrected chi connectivity index (χ0v) is 18.7. The Bertz CT molecular complexity index is 1120. The van der Waals surface area contributed by atoms with Crippen LogP contribution in [0.3, 0.4) is 0 Å². The van der Waals surface area contributed by atoms with Gasteiger partial charge in [-0.3, -0.25) is 15.0 Å². The van der Waals surface area contributed by atoms with Gasteiger partial charge in [0.25, 0.3) is 11.8 Å². The Labute approximate surface area is 192 Å². The highest BCUT2D eigenvalue weighted by molar-refractivity contribution is 6.10. The SMILES string of the molecule is C=C(/C=C\C)NC(=O)c1cc(OC)ccc1NC(=O)c1ccc(C(=N)N2CCCC2)cc1F. The lowest BCUT2D eigenvalue weighted by Crippen LogP contribution is -2.28. The molecule has 8 heteroatoms. The van der Waals surface area contributed by atoms with E-state index in [9.17, 15) is 14.0 Å². The molecule has 2 aromatic rings. The van der Waals surface area contributed by atoms with Crippen LogP contribution in [0.1, 0.15) is 46.0 Å². The summed E-state index contributed by atoms with van der Waals surface area (Å²) in [5.74, 6) is -1.28. The number of hydrogen-bond acceptors (Lipinski definition) is 4. The summed E-state index contributed by atoms with van der Waals surface area (Å²) < 4.78 is 20.0. The van der Waals surface area contributed by atoms with Crippen LogP contribution in [0.25, 0.3) is 0 Å². The molecule has 2 aromatic carbocycles. The first-order chi connectivity index (χ1) is 15.8. The highest BCUT2D eigenvalue weighted by atomic mass is 19.1. The van der Waals surface area contributed by atoms with Gasteiger partial charge in [0.15, 0.2) is 0 Å². The van der Waals surface area contributed by atoms with Gasteiger partial charge in [-0.25, -0.2) is 4.39 Å². The lowest BCUT2D eigenvalue weighted by atomic mass is 10.1. The van der Waals surface area contributed by atoms with Crippen molar-refractivity contribution in [2.75, 3.05) is 25.5 Å². The second kappa shape index (κ2) is 10.6. The zero-order valence-electron chi connectivity index (χ0n) is 18.7. The number of allylic oxidation sites excluding steroid dienone is 2. The molecule has 2 amide bonds. The molecule has 33 heavy (non-hydrogen) atoms. The monoisotopic (exact) mass is 450 g/mol. The number of carbonyl (C=O) groups is 2. The number of anilines is 1. The van der Waals surface area contributed by atoms with Gasteiger partial charge in [-0.05, 0) is 56.2 Å². The van der Waals surface area contributed by atoms with Gasteiger partial charge in [0.1, 0.15) is 17.4 Å². The number of nitrogens with one attached hydrogen (secondary N) is 3. The third-order valence-corrected chi connectivity index (χ3v) is 5.27. The molecule has 3 rings (SSSR count). The van der Waals surface area contributed by atoms with Gasteiger partial charge in [0.2, 0.25) is 0 Å². The van der Waals surface area contributed by atoms with Gasteiger partial charge >= 0.3 is 0 Å². The van der Waals surface area contributed by atoms with Gasteiger partial charge in [-0.15, -0.1) is 0 Å². The number of benzene rings is 2. The quantitative estimate of drug-likeness (QED) is 0.333. The first-order valence-corrected chi connectivity index (χ1v) is 10.6. The van der Waals surface area contributed by atoms with Crippen LogP contribution in [0, 0.1) is 11.2 Å². The van der Waals surface area contributed by atoms with Crippen LogP contribution >= 0.6 is 0 Å². The van der Waals surface area contributed by atoms with Crippen molar-refractivity contribution >= 4 is 23.3 Å². The minimum Gasteiger partial charge on any atom is -0.497 e. The average molecular weight is 451 g/mol. The van der Waals surface area contributed by atoms with Gasteiger partial charge in [0.05, 0.1) is 23.9 Å². The van der Waals surface area contributed by atoms with Crippen molar-refractivity contribution in [3.63, 3.8) is 0 Å². The number of hydrogen-bond donors (Lipinski definition) is 3. The Morgan fingerprint density at radius 3 is 2.48 bits per heavy atom. The van der Waals surface area contributed by atoms with Crippen molar-refractivity contribution in [3.05, 3.63) is 83.3 Å². The molecule has 1 fully saturated rings. The number of carbonyl (C=O) groups excluding carboxylic acids is 2. The van der Waals surface area contributed by atoms with E-state index in [1.807, 2.05) is 4.90 Å². The molecule has 0 atom stereocenters. The highest BCUT2D eigenvalue weighted by Crippen LogP contribution is 2.24. The lowest BCUT2D eigenvalue weighted by molar-refractivity contribution is 0.0968. The number of halogens is 1. The number of amidine groups is 1. The number of nitrogens with zero attached hydrogens (tertiary/aromatic N) is 1. The number of rotatable bonds is 7. The van der Waals surface area contributed by atoms with Crippen LogP contribution in [-0.4, -0.2) is 42.7 Å². The van der Waals surface area contributed by atoms with E-state index < -0.39 is 17.6 Å². The molecule has 0 saturated carbocycles. The van der Waals surface area contributed by atoms with Crippen molar-refractivity contribution in [2.45, 2.75) is 19.8 Å². The molecule has 3 N–H and O–H groups in total. The van der Waals surface area contributed by atoms with E-state index in [1.54, 1.807) is 31.2 Å². The van der Waals surface area contributed by atoms with E-state index in [0.29, 0.717) is 17.0 Å². The molecule has 0 spiro atoms. The van der Waals surface area contributed by atoms with Crippen molar-refractivity contribution < 1.29 is 18.7 Å². The molecule has 0 aliphatic carbocycles. The third-order valence-electron chi connectivity index (χ3n) is 5.27. The van der Waals surface area contributed by atoms with E-state index >= 15 is 0 Å². The van der Waals surface area contributed by atoms with E-state index in [0.717, 1.165) is 25.9 Å². The highest BCUT2D eigenvalue weighted by Gasteiger charge is 2.21. The molecule has 1 aliphatic rings. The van der Waals surface area contributed by atoms with Crippen LogP contribution in [0.4, 0.5) is 10.1 Å². The predicted octanol–water partition coefficient (Wildman–Crippen LogP) is 4.33. The maximum Gasteiger partial charge on any atom is 0.258 e. The van der Waals surface area contributed by atoms with Crippen molar-refractivity contribution in [1.29, 1.82) is 5.41 Å². The lowest BCUT2D eigenvalue weighted by Gasteiger charge is -2.19. The van der Waals surface area contributed by atoms with Gasteiger partial charge in [-0.1, -0.05) is 18.7 Å². The second-order valence-corrected chi connectivity index (χ2v) is 7.58. The van der Waals surface area contributed by atoms with Gasteiger partial charge < -0.3 is 20.3 Å². The molecule has 0 unspecified atom stereocenters. The summed E-state index contributed by atoms with van der Waals surface area (Å²) in [6.45, 7) is 7.08. The predicted molar refractivity (Wildman–Crippen MR) is 126 cm³/mol. The Balaban J connectivity index is 1.82. The van der Waals surface area contributed by atoms with Crippen LogP contribution in [0.15, 0.2) is 60.8 Å². The van der Waals surface area contributed by atoms with Crippen molar-refractivity contribution in [1.82, 2.24) is 10.2 Å². The van der Waals surface area contributed by atoms with E-state index in [4.69, 9.17) is 10.1 Å². The summed E-state index contributed by atoms with van der Waals surface area (Å²) in [7, 11) is 1.46. The molecule has 172 valence electrons. The topological polar surface area (TPSA) is 94.5 Å². The average Bonchev–Trinajstić information content (AvgIpc) is 3.33. The second-order valence-electron chi connectivity index (χ2n) is 7.58. The third kappa shape index (κ3) is 5.65. The summed E-state index contributed by atoms with van der Waals surface area (Å²) in [6, 6.07) is 8.68. The normalized spacial score (nSPS) is 13.1. The zero-order chi connectivity index (χ0) is 24.0. The molecular formula is C25H27FN4O3. The number of ether oxygens (including phenoxy) is 1. The van der Waals surface area contributed by atoms with Crippen LogP contribution in [0.2, 0.25) is 0 Å². The maximum absolute atomic E-state index is 14.8. The van der Waals surface area contributed by atoms with E-state index in [1.165, 1.54) is 31.4 Å². The van der Waals surface area contributed by atoms with Crippen molar-refractivity contribution in [2.24, 2.45) is 0 Å². The van der Waals surface area contributed by atoms with Crippen LogP contribution < -0.4 is 15.4 Å². The Morgan fingerprint density at radius 1 is 1.12 bits per heavy atom. The van der Waals surface area contributed by atoms with Gasteiger partial charge in [-0.2, -0.15) is 0 Å². The smallest absolute Gasteiger partial charge is 0.258 e. The maximum atomic E-state index is 14.8. The minimum absolute atomic E-state index is 0.140. The molecule has 0 aromatic heterocycles. The molecule has 0 radical (unpaired) electrons. The largest absolute Gasteiger partial charge is 0.497 e. The first kappa shape index (κ1) is 23.7. The number of amides is 2. The number of likely N-dealkylation sites (tertiary alicyclic amines) is 1. The fourth-order valence-electron chi connectivity index (χ4n) is 3.56. The molecular weight excluding hydrogens is 423 g/mol. The summed E-state index contributed by atoms with van der Waals surface area (Å²) in [5.41, 5.74) is 0.942. The Hall–Kier alpha value is -3.94. The van der Waals surface area contributed by atoms with Crippen LogP contribution in [-0.2, 0) is 0 Å². The molecule has 7 nitrogen and oxygen atoms in total. The first-order valence-electron chi connectivity index (χ1n) is 10.6. The number of methoxy groups -OCH3 is 1. The summed E-state index contributed by atoms with van der Waals surface area (Å²) in [4.78, 5) is 27.4. The minimum atomic E-state index is -0.741. The van der Waals surface area contributed by atoms with Crippen LogP contribution in [0.5, 0.6) is 5.75 Å². The Morgan fingerprint density at radius 2 is 1.85 bits per heavy atom. The summed E-state index contributed by atoms with van der Waals surface area (Å²) in [5, 5.41) is 13.5. The Kier molecular flexibility index (Phi) is 7.61. The summed E-state index contributed by atoms with van der Waals surface area (Å²) >= 11 is 0. The summed E-state index contributed by atoms with van der Waals surface area (Å²) in [6.07, 6.45) is 5.37. The molecule has 0 bridgehead atoms. The standard InChI is InChI=1S/C25H27FN4O3/c1-4-7-16(2)28-25(32)20-15-18(33-3)9-11-22(20)29-24(31)19-10-8-17(14-21(19)26)23(27)30-12-5-6-13-30/h4,7-11,14-15,27H,2,5-6,12-13H2,1,3H3,(H,28,32)(H,29,31)/b7-4-,27-23?. The molecule has 1 aliphatic heterocycles. The fourth-order valence-corrected chi connectivity index (χ4v) is 3.56. The van der Waals surface area contributed by atoms with Crippen molar-refractivity contribution in [3.8, 4) is 5.75 Å². The van der Waals surface area contributed by atoms with E-state index in [-0.39, 0.29) is 22.6 Å². The molecule has 1 saturated heterocycles. The van der Waals surface area contributed by atoms with E-state index in [2.05, 4.69) is 17.2 Å².